The maximum atomic E-state index is 12.8. The van der Waals surface area contributed by atoms with Gasteiger partial charge in [0.15, 0.2) is 0 Å². The van der Waals surface area contributed by atoms with Crippen molar-refractivity contribution in [1.29, 1.82) is 0 Å². The number of hydrogen-bond acceptors (Lipinski definition) is 8. The molecule has 0 saturated carbocycles. The maximum absolute atomic E-state index is 12.8. The number of rotatable bonds is 8. The van der Waals surface area contributed by atoms with Gasteiger partial charge >= 0.3 is 0 Å². The average molecular weight is 733 g/mol. The van der Waals surface area contributed by atoms with Crippen LogP contribution in [0, 0.1) is 11.8 Å². The lowest BCUT2D eigenvalue weighted by Crippen LogP contribution is -2.52. The van der Waals surface area contributed by atoms with Crippen LogP contribution in [0.4, 0.5) is 0 Å². The number of benzene rings is 2. The summed E-state index contributed by atoms with van der Waals surface area (Å²) >= 11 is 0. The molecule has 274 valence electrons. The molecule has 5 amide bonds. The lowest BCUT2D eigenvalue weighted by molar-refractivity contribution is -0.134. The van der Waals surface area contributed by atoms with Crippen LogP contribution in [-0.4, -0.2) is 69.1 Å². The fourth-order valence-corrected chi connectivity index (χ4v) is 6.50. The maximum Gasteiger partial charge on any atom is 0.270 e. The standard InChI is InChI=1S/C42H36N8O5/c1-23(2)29-17-26(18-30-32(39(52)43-3)22-47-38(29)30)28-10-4-7-24-19-36(46-21-31(24)28)25-12-13-33(45-20-25)40(53)44-16-6-9-27-8-5-11-34(48-27)41(54)49-35-14-15-37(51)50-42(35)55/h4-5,7-8,10-13,17-23,35,47H,14-16H2,1-3H3,(H,43,52)(H,44,53)(H,49,54)(H,50,51,55). The van der Waals surface area contributed by atoms with Crippen molar-refractivity contribution >= 4 is 51.2 Å². The summed E-state index contributed by atoms with van der Waals surface area (Å²) in [5.41, 5.74) is 6.66. The summed E-state index contributed by atoms with van der Waals surface area (Å²) in [6.45, 7) is 4.27. The second kappa shape index (κ2) is 15.4. The van der Waals surface area contributed by atoms with Crippen molar-refractivity contribution in [2.75, 3.05) is 13.6 Å². The Morgan fingerprint density at radius 2 is 1.73 bits per heavy atom. The number of H-pyrrole nitrogens is 1. The zero-order chi connectivity index (χ0) is 38.6. The third-order valence-corrected chi connectivity index (χ3v) is 9.36. The summed E-state index contributed by atoms with van der Waals surface area (Å²) in [4.78, 5) is 78.1. The van der Waals surface area contributed by atoms with Crippen molar-refractivity contribution in [3.63, 3.8) is 0 Å². The first-order chi connectivity index (χ1) is 26.6. The van der Waals surface area contributed by atoms with Crippen molar-refractivity contribution in [3.8, 4) is 34.2 Å². The highest BCUT2D eigenvalue weighted by Crippen LogP contribution is 2.36. The van der Waals surface area contributed by atoms with Gasteiger partial charge in [0.25, 0.3) is 17.7 Å². The minimum Gasteiger partial charge on any atom is -0.360 e. The van der Waals surface area contributed by atoms with Crippen molar-refractivity contribution < 1.29 is 24.0 Å². The molecule has 1 aliphatic heterocycles. The zero-order valence-electron chi connectivity index (χ0n) is 30.2. The lowest BCUT2D eigenvalue weighted by atomic mass is 9.91. The third-order valence-electron chi connectivity index (χ3n) is 9.36. The number of carbonyl (C=O) groups is 5. The van der Waals surface area contributed by atoms with E-state index in [1.54, 1.807) is 43.7 Å². The van der Waals surface area contributed by atoms with Gasteiger partial charge in [0.2, 0.25) is 11.8 Å². The van der Waals surface area contributed by atoms with Crippen LogP contribution in [0.25, 0.3) is 44.1 Å². The predicted molar refractivity (Wildman–Crippen MR) is 207 cm³/mol. The van der Waals surface area contributed by atoms with E-state index in [0.717, 1.165) is 43.9 Å². The second-order valence-corrected chi connectivity index (χ2v) is 13.3. The molecule has 4 aromatic heterocycles. The molecule has 0 spiro atoms. The van der Waals surface area contributed by atoms with Crippen LogP contribution in [0.1, 0.15) is 75.2 Å². The Kier molecular flexibility index (Phi) is 10.1. The summed E-state index contributed by atoms with van der Waals surface area (Å²) in [5.74, 6) is 3.82. The monoisotopic (exact) mass is 732 g/mol. The molecule has 13 nitrogen and oxygen atoms in total. The number of piperidine rings is 1. The number of imide groups is 1. The van der Waals surface area contributed by atoms with Gasteiger partial charge in [-0.25, -0.2) is 4.98 Å². The smallest absolute Gasteiger partial charge is 0.270 e. The molecule has 5 N–H and O–H groups in total. The quantitative estimate of drug-likeness (QED) is 0.111. The molecule has 0 aliphatic carbocycles. The van der Waals surface area contributed by atoms with Gasteiger partial charge in [-0.2, -0.15) is 0 Å². The number of carbonyl (C=O) groups excluding carboxylic acids is 5. The molecule has 1 unspecified atom stereocenters. The van der Waals surface area contributed by atoms with Gasteiger partial charge in [-0.1, -0.05) is 44.0 Å². The fourth-order valence-electron chi connectivity index (χ4n) is 6.50. The first-order valence-corrected chi connectivity index (χ1v) is 17.7. The molecule has 5 heterocycles. The first kappa shape index (κ1) is 36.2. The molecule has 2 aromatic carbocycles. The highest BCUT2D eigenvalue weighted by Gasteiger charge is 2.28. The van der Waals surface area contributed by atoms with E-state index in [1.165, 1.54) is 6.07 Å². The van der Waals surface area contributed by atoms with E-state index in [-0.39, 0.29) is 48.5 Å². The minimum atomic E-state index is -0.819. The average Bonchev–Trinajstić information content (AvgIpc) is 3.63. The van der Waals surface area contributed by atoms with Crippen LogP contribution < -0.4 is 21.3 Å². The number of nitrogens with one attached hydrogen (secondary N) is 5. The number of aromatic amines is 1. The molecule has 13 heteroatoms. The Hall–Kier alpha value is -7.20. The SMILES string of the molecule is CNC(=O)c1c[nH]c2c(C(C)C)cc(-c3cccc4cc(-c5ccc(C(=O)NCC#Cc6cccc(C(=O)NC7CCC(=O)NC7=O)n6)nc5)ncc34)cc12. The van der Waals surface area contributed by atoms with Crippen LogP contribution >= 0.6 is 0 Å². The number of aromatic nitrogens is 4. The fraction of sp³-hybridized carbons (Fsp3) is 0.190. The number of amides is 5. The van der Waals surface area contributed by atoms with E-state index in [0.29, 0.717) is 17.0 Å². The Morgan fingerprint density at radius 1 is 0.891 bits per heavy atom. The molecule has 0 bridgehead atoms. The van der Waals surface area contributed by atoms with Gasteiger partial charge in [0.05, 0.1) is 17.8 Å². The van der Waals surface area contributed by atoms with Crippen LogP contribution in [0.5, 0.6) is 0 Å². The van der Waals surface area contributed by atoms with Crippen molar-refractivity contribution in [1.82, 2.24) is 41.2 Å². The van der Waals surface area contributed by atoms with Crippen LogP contribution in [0.3, 0.4) is 0 Å². The summed E-state index contributed by atoms with van der Waals surface area (Å²) in [6, 6.07) is 19.6. The number of hydrogen-bond donors (Lipinski definition) is 5. The molecule has 1 fully saturated rings. The Labute approximate surface area is 315 Å². The molecule has 0 radical (unpaired) electrons. The van der Waals surface area contributed by atoms with E-state index >= 15 is 0 Å². The van der Waals surface area contributed by atoms with E-state index in [9.17, 15) is 24.0 Å². The van der Waals surface area contributed by atoms with Crippen LogP contribution in [-0.2, 0) is 9.59 Å². The molecular formula is C42H36N8O5. The molecule has 6 aromatic rings. The lowest BCUT2D eigenvalue weighted by Gasteiger charge is -2.21. The molecule has 7 rings (SSSR count). The van der Waals surface area contributed by atoms with Gasteiger partial charge in [0.1, 0.15) is 23.1 Å². The third kappa shape index (κ3) is 7.65. The first-order valence-electron chi connectivity index (χ1n) is 17.7. The summed E-state index contributed by atoms with van der Waals surface area (Å²) in [6.07, 6.45) is 5.55. The number of fused-ring (bicyclic) bond motifs is 2. The van der Waals surface area contributed by atoms with Gasteiger partial charge in [0, 0.05) is 53.9 Å². The Bertz CT molecular complexity index is 2580. The van der Waals surface area contributed by atoms with Crippen molar-refractivity contribution in [3.05, 3.63) is 114 Å². The van der Waals surface area contributed by atoms with Crippen molar-refractivity contribution in [2.45, 2.75) is 38.6 Å². The van der Waals surface area contributed by atoms with Gasteiger partial charge in [-0.15, -0.1) is 0 Å². The van der Waals surface area contributed by atoms with Gasteiger partial charge in [-0.05, 0) is 82.8 Å². The largest absolute Gasteiger partial charge is 0.360 e. The number of nitrogens with zero attached hydrogens (tertiary/aromatic N) is 3. The van der Waals surface area contributed by atoms with E-state index in [2.05, 4.69) is 74.0 Å². The summed E-state index contributed by atoms with van der Waals surface area (Å²) in [7, 11) is 1.62. The van der Waals surface area contributed by atoms with E-state index < -0.39 is 23.8 Å². The molecule has 1 saturated heterocycles. The predicted octanol–water partition coefficient (Wildman–Crippen LogP) is 4.64. The summed E-state index contributed by atoms with van der Waals surface area (Å²) in [5, 5.41) is 13.0. The van der Waals surface area contributed by atoms with Crippen LogP contribution in [0.15, 0.2) is 85.3 Å². The second-order valence-electron chi connectivity index (χ2n) is 13.3. The highest BCUT2D eigenvalue weighted by molar-refractivity contribution is 6.09. The Morgan fingerprint density at radius 3 is 2.49 bits per heavy atom. The molecule has 1 atom stereocenters. The summed E-state index contributed by atoms with van der Waals surface area (Å²) < 4.78 is 0. The van der Waals surface area contributed by atoms with E-state index in [1.807, 2.05) is 30.5 Å². The minimum absolute atomic E-state index is 0.00794. The molecule has 55 heavy (non-hydrogen) atoms. The van der Waals surface area contributed by atoms with Gasteiger partial charge < -0.3 is 20.9 Å². The number of pyridine rings is 3. The van der Waals surface area contributed by atoms with Crippen molar-refractivity contribution in [2.24, 2.45) is 0 Å². The topological polar surface area (TPSA) is 188 Å². The van der Waals surface area contributed by atoms with Gasteiger partial charge in [-0.3, -0.25) is 39.3 Å². The molecule has 1 aliphatic rings. The van der Waals surface area contributed by atoms with Crippen LogP contribution in [0.2, 0.25) is 0 Å². The van der Waals surface area contributed by atoms with E-state index in [4.69, 9.17) is 4.98 Å². The molecular weight excluding hydrogens is 697 g/mol. The highest BCUT2D eigenvalue weighted by atomic mass is 16.2. The zero-order valence-corrected chi connectivity index (χ0v) is 30.2. The normalized spacial score (nSPS) is 13.9. The Balaban J connectivity index is 1.02.